The molecule has 4 rings (SSSR count). The van der Waals surface area contributed by atoms with Crippen LogP contribution in [0.3, 0.4) is 0 Å². The number of aromatic nitrogens is 4. The SMILES string of the molecule is Cc1ccc(-c2nc(C(F)(F)F)cn2-c2ccc3[nH]ncc3c2)cc1. The largest absolute Gasteiger partial charge is 0.434 e. The Hall–Kier alpha value is -3.09. The van der Waals surface area contributed by atoms with Gasteiger partial charge in [0, 0.05) is 22.8 Å². The van der Waals surface area contributed by atoms with Gasteiger partial charge < -0.3 is 0 Å². The van der Waals surface area contributed by atoms with Crippen molar-refractivity contribution < 1.29 is 13.2 Å². The van der Waals surface area contributed by atoms with E-state index in [2.05, 4.69) is 15.2 Å². The molecule has 1 N–H and O–H groups in total. The van der Waals surface area contributed by atoms with E-state index in [0.29, 0.717) is 11.3 Å². The Labute approximate surface area is 140 Å². The monoisotopic (exact) mass is 342 g/mol. The number of H-pyrrole nitrogens is 1. The maximum Gasteiger partial charge on any atom is 0.434 e. The molecule has 0 amide bonds. The maximum absolute atomic E-state index is 13.2. The molecular weight excluding hydrogens is 329 g/mol. The molecule has 4 aromatic rings. The summed E-state index contributed by atoms with van der Waals surface area (Å²) >= 11 is 0. The maximum atomic E-state index is 13.2. The fraction of sp³-hybridized carbons (Fsp3) is 0.111. The van der Waals surface area contributed by atoms with Crippen molar-refractivity contribution in [2.75, 3.05) is 0 Å². The zero-order chi connectivity index (χ0) is 17.6. The highest BCUT2D eigenvalue weighted by Crippen LogP contribution is 2.33. The van der Waals surface area contributed by atoms with E-state index in [-0.39, 0.29) is 5.82 Å². The number of hydrogen-bond donors (Lipinski definition) is 1. The van der Waals surface area contributed by atoms with E-state index in [9.17, 15) is 13.2 Å². The average molecular weight is 342 g/mol. The minimum absolute atomic E-state index is 0.246. The van der Waals surface area contributed by atoms with Crippen molar-refractivity contribution >= 4 is 10.9 Å². The molecule has 2 aromatic heterocycles. The van der Waals surface area contributed by atoms with E-state index in [1.54, 1.807) is 36.5 Å². The Morgan fingerprint density at radius 1 is 1.04 bits per heavy atom. The molecule has 0 radical (unpaired) electrons. The molecular formula is C18H13F3N4. The summed E-state index contributed by atoms with van der Waals surface area (Å²) in [6.07, 6.45) is -1.85. The van der Waals surface area contributed by atoms with Crippen molar-refractivity contribution in [3.63, 3.8) is 0 Å². The van der Waals surface area contributed by atoms with Gasteiger partial charge in [-0.2, -0.15) is 18.3 Å². The van der Waals surface area contributed by atoms with E-state index in [4.69, 9.17) is 0 Å². The summed E-state index contributed by atoms with van der Waals surface area (Å²) < 4.78 is 41.0. The number of halogens is 3. The molecule has 2 aromatic carbocycles. The molecule has 0 saturated carbocycles. The van der Waals surface area contributed by atoms with Crippen LogP contribution in [0, 0.1) is 6.92 Å². The number of hydrogen-bond acceptors (Lipinski definition) is 2. The third-order valence-corrected chi connectivity index (χ3v) is 4.01. The van der Waals surface area contributed by atoms with E-state index in [1.165, 1.54) is 4.57 Å². The van der Waals surface area contributed by atoms with Crippen LogP contribution in [-0.2, 0) is 6.18 Å². The van der Waals surface area contributed by atoms with Gasteiger partial charge in [0.05, 0.1) is 11.7 Å². The van der Waals surface area contributed by atoms with E-state index < -0.39 is 11.9 Å². The fourth-order valence-electron chi connectivity index (χ4n) is 2.70. The molecule has 0 aliphatic rings. The quantitative estimate of drug-likeness (QED) is 0.572. The van der Waals surface area contributed by atoms with Gasteiger partial charge in [0.25, 0.3) is 0 Å². The molecule has 126 valence electrons. The van der Waals surface area contributed by atoms with Crippen molar-refractivity contribution in [1.29, 1.82) is 0 Å². The number of fused-ring (bicyclic) bond motifs is 1. The van der Waals surface area contributed by atoms with E-state index in [1.807, 2.05) is 19.1 Å². The zero-order valence-electron chi connectivity index (χ0n) is 13.2. The van der Waals surface area contributed by atoms with Crippen LogP contribution < -0.4 is 0 Å². The molecule has 0 spiro atoms. The first-order valence-electron chi connectivity index (χ1n) is 7.59. The van der Waals surface area contributed by atoms with Gasteiger partial charge in [-0.25, -0.2) is 4.98 Å². The third-order valence-electron chi connectivity index (χ3n) is 4.01. The molecule has 0 fully saturated rings. The van der Waals surface area contributed by atoms with Gasteiger partial charge in [0.2, 0.25) is 0 Å². The third kappa shape index (κ3) is 2.77. The lowest BCUT2D eigenvalue weighted by atomic mass is 10.1. The number of benzene rings is 2. The number of imidazole rings is 1. The Morgan fingerprint density at radius 3 is 2.52 bits per heavy atom. The number of nitrogens with one attached hydrogen (secondary N) is 1. The second kappa shape index (κ2) is 5.47. The van der Waals surface area contributed by atoms with E-state index >= 15 is 0 Å². The van der Waals surface area contributed by atoms with Gasteiger partial charge in [-0.1, -0.05) is 29.8 Å². The molecule has 4 nitrogen and oxygen atoms in total. The highest BCUT2D eigenvalue weighted by molar-refractivity contribution is 5.80. The molecule has 0 saturated heterocycles. The summed E-state index contributed by atoms with van der Waals surface area (Å²) in [5, 5.41) is 7.58. The summed E-state index contributed by atoms with van der Waals surface area (Å²) in [5.41, 5.74) is 2.13. The van der Waals surface area contributed by atoms with Crippen LogP contribution in [0.25, 0.3) is 28.0 Å². The van der Waals surface area contributed by atoms with Crippen LogP contribution in [0.15, 0.2) is 54.9 Å². The smallest absolute Gasteiger partial charge is 0.299 e. The fourth-order valence-corrected chi connectivity index (χ4v) is 2.70. The van der Waals surface area contributed by atoms with E-state index in [0.717, 1.165) is 22.7 Å². The van der Waals surface area contributed by atoms with Crippen LogP contribution in [0.1, 0.15) is 11.3 Å². The minimum atomic E-state index is -4.51. The van der Waals surface area contributed by atoms with Gasteiger partial charge in [0.15, 0.2) is 5.69 Å². The van der Waals surface area contributed by atoms with Crippen molar-refractivity contribution in [3.05, 3.63) is 66.1 Å². The normalized spacial score (nSPS) is 12.0. The van der Waals surface area contributed by atoms with Crippen molar-refractivity contribution in [3.8, 4) is 17.1 Å². The van der Waals surface area contributed by atoms with Gasteiger partial charge in [0.1, 0.15) is 5.82 Å². The standard InChI is InChI=1S/C18H13F3N4/c1-11-2-4-12(5-3-11)17-23-16(18(19,20)21)10-25(17)14-6-7-15-13(8-14)9-22-24-15/h2-10H,1H3,(H,22,24). The second-order valence-electron chi connectivity index (χ2n) is 5.83. The van der Waals surface area contributed by atoms with Crippen LogP contribution >= 0.6 is 0 Å². The van der Waals surface area contributed by atoms with Gasteiger partial charge in [-0.15, -0.1) is 0 Å². The second-order valence-corrected chi connectivity index (χ2v) is 5.83. The number of aryl methyl sites for hydroxylation is 1. The summed E-state index contributed by atoms with van der Waals surface area (Å²) in [5.74, 6) is 0.246. The summed E-state index contributed by atoms with van der Waals surface area (Å²) in [6.45, 7) is 1.92. The Balaban J connectivity index is 1.92. The Morgan fingerprint density at radius 2 is 1.80 bits per heavy atom. The molecule has 25 heavy (non-hydrogen) atoms. The predicted molar refractivity (Wildman–Crippen MR) is 88.4 cm³/mol. The molecule has 0 atom stereocenters. The van der Waals surface area contributed by atoms with Crippen LogP contribution in [0.5, 0.6) is 0 Å². The molecule has 0 aliphatic heterocycles. The first-order chi connectivity index (χ1) is 11.9. The Bertz CT molecular complexity index is 1040. The molecule has 0 unspecified atom stereocenters. The lowest BCUT2D eigenvalue weighted by Gasteiger charge is -2.08. The highest BCUT2D eigenvalue weighted by Gasteiger charge is 2.35. The van der Waals surface area contributed by atoms with Crippen LogP contribution in [0.4, 0.5) is 13.2 Å². The van der Waals surface area contributed by atoms with Gasteiger partial charge in [-0.3, -0.25) is 9.67 Å². The topological polar surface area (TPSA) is 46.5 Å². The van der Waals surface area contributed by atoms with Gasteiger partial charge in [-0.05, 0) is 25.1 Å². The average Bonchev–Trinajstić information content (AvgIpc) is 3.21. The predicted octanol–water partition coefficient (Wildman–Crippen LogP) is 4.74. The number of nitrogens with zero attached hydrogens (tertiary/aromatic N) is 3. The number of rotatable bonds is 2. The van der Waals surface area contributed by atoms with Crippen molar-refractivity contribution in [2.24, 2.45) is 0 Å². The molecule has 0 aliphatic carbocycles. The summed E-state index contributed by atoms with van der Waals surface area (Å²) in [4.78, 5) is 3.84. The number of alkyl halides is 3. The van der Waals surface area contributed by atoms with Gasteiger partial charge >= 0.3 is 6.18 Å². The van der Waals surface area contributed by atoms with Crippen molar-refractivity contribution in [2.45, 2.75) is 13.1 Å². The first-order valence-corrected chi connectivity index (χ1v) is 7.59. The lowest BCUT2D eigenvalue weighted by molar-refractivity contribution is -0.140. The summed E-state index contributed by atoms with van der Waals surface area (Å²) in [7, 11) is 0. The minimum Gasteiger partial charge on any atom is -0.299 e. The van der Waals surface area contributed by atoms with Crippen LogP contribution in [-0.4, -0.2) is 19.7 Å². The zero-order valence-corrected chi connectivity index (χ0v) is 13.2. The van der Waals surface area contributed by atoms with Crippen LogP contribution in [0.2, 0.25) is 0 Å². The molecule has 2 heterocycles. The molecule has 7 heteroatoms. The lowest BCUT2D eigenvalue weighted by Crippen LogP contribution is -2.04. The Kier molecular flexibility index (Phi) is 3.38. The molecule has 0 bridgehead atoms. The van der Waals surface area contributed by atoms with Crippen molar-refractivity contribution in [1.82, 2.24) is 19.7 Å². The number of aromatic amines is 1. The first kappa shape index (κ1) is 15.4. The summed E-state index contributed by atoms with van der Waals surface area (Å²) in [6, 6.07) is 12.5. The highest BCUT2D eigenvalue weighted by atomic mass is 19.4.